The summed E-state index contributed by atoms with van der Waals surface area (Å²) in [5.74, 6) is 0.268. The van der Waals surface area contributed by atoms with Crippen molar-refractivity contribution in [3.8, 4) is 22.4 Å². The predicted octanol–water partition coefficient (Wildman–Crippen LogP) is 5.03. The van der Waals surface area contributed by atoms with Gasteiger partial charge in [-0.25, -0.2) is 0 Å². The summed E-state index contributed by atoms with van der Waals surface area (Å²) in [5, 5.41) is 20.8. The third kappa shape index (κ3) is 3.27. The van der Waals surface area contributed by atoms with Gasteiger partial charge in [0.1, 0.15) is 5.69 Å². The molecule has 4 N–H and O–H groups in total. The Bertz CT molecular complexity index is 1140. The minimum Gasteiger partial charge on any atom is -0.370 e. The highest BCUT2D eigenvalue weighted by atomic mass is 79.9. The standard InChI is InChI=1S/C21H16BrN5/c22-17-12-6-11-16-18(17)20(25-21(23)24)27-26-19(16)15-10-5-4-9-14(15)13-7-2-1-3-8-13/h1-12H,(H4,23,24,25,27). The second kappa shape index (κ2) is 7.17. The van der Waals surface area contributed by atoms with Crippen molar-refractivity contribution in [3.05, 3.63) is 77.3 Å². The molecular weight excluding hydrogens is 402 g/mol. The molecule has 0 aliphatic rings. The molecule has 0 aliphatic heterocycles. The number of anilines is 1. The van der Waals surface area contributed by atoms with Gasteiger partial charge in [0, 0.05) is 20.8 Å². The van der Waals surface area contributed by atoms with Gasteiger partial charge in [0.2, 0.25) is 0 Å². The summed E-state index contributed by atoms with van der Waals surface area (Å²) in [4.78, 5) is 0. The van der Waals surface area contributed by atoms with E-state index in [0.29, 0.717) is 5.82 Å². The van der Waals surface area contributed by atoms with E-state index in [2.05, 4.69) is 49.6 Å². The van der Waals surface area contributed by atoms with Gasteiger partial charge in [-0.3, -0.25) is 5.41 Å². The van der Waals surface area contributed by atoms with Crippen LogP contribution in [-0.2, 0) is 0 Å². The molecular formula is C21H16BrN5. The fourth-order valence-corrected chi connectivity index (χ4v) is 3.69. The van der Waals surface area contributed by atoms with Gasteiger partial charge >= 0.3 is 0 Å². The quantitative estimate of drug-likeness (QED) is 0.322. The molecule has 0 radical (unpaired) electrons. The molecule has 6 heteroatoms. The van der Waals surface area contributed by atoms with Gasteiger partial charge in [-0.2, -0.15) is 0 Å². The first kappa shape index (κ1) is 17.2. The van der Waals surface area contributed by atoms with E-state index < -0.39 is 0 Å². The number of rotatable bonds is 3. The van der Waals surface area contributed by atoms with Crippen molar-refractivity contribution < 1.29 is 0 Å². The van der Waals surface area contributed by atoms with Crippen LogP contribution in [0, 0.1) is 5.41 Å². The summed E-state index contributed by atoms with van der Waals surface area (Å²) in [5.41, 5.74) is 9.47. The Hall–Kier alpha value is -3.25. The highest BCUT2D eigenvalue weighted by molar-refractivity contribution is 9.10. The summed E-state index contributed by atoms with van der Waals surface area (Å²) >= 11 is 3.59. The smallest absolute Gasteiger partial charge is 0.191 e. The van der Waals surface area contributed by atoms with E-state index in [-0.39, 0.29) is 5.96 Å². The van der Waals surface area contributed by atoms with Crippen LogP contribution < -0.4 is 11.1 Å². The molecule has 3 aromatic carbocycles. The third-order valence-electron chi connectivity index (χ3n) is 4.28. The molecule has 132 valence electrons. The van der Waals surface area contributed by atoms with Gasteiger partial charge < -0.3 is 11.1 Å². The summed E-state index contributed by atoms with van der Waals surface area (Å²) in [6.07, 6.45) is 0. The van der Waals surface area contributed by atoms with Crippen LogP contribution in [0.5, 0.6) is 0 Å². The van der Waals surface area contributed by atoms with E-state index in [9.17, 15) is 0 Å². The molecule has 5 nitrogen and oxygen atoms in total. The number of nitrogens with two attached hydrogens (primary N) is 1. The van der Waals surface area contributed by atoms with E-state index >= 15 is 0 Å². The number of fused-ring (bicyclic) bond motifs is 1. The van der Waals surface area contributed by atoms with Crippen molar-refractivity contribution in [2.75, 3.05) is 5.32 Å². The average molecular weight is 418 g/mol. The van der Waals surface area contributed by atoms with E-state index in [0.717, 1.165) is 37.6 Å². The van der Waals surface area contributed by atoms with Crippen molar-refractivity contribution in [2.45, 2.75) is 0 Å². The molecule has 0 atom stereocenters. The number of aromatic nitrogens is 2. The maximum atomic E-state index is 7.53. The van der Waals surface area contributed by atoms with Crippen molar-refractivity contribution in [1.82, 2.24) is 10.2 Å². The largest absolute Gasteiger partial charge is 0.370 e. The fraction of sp³-hybridized carbons (Fsp3) is 0. The third-order valence-corrected chi connectivity index (χ3v) is 4.94. The lowest BCUT2D eigenvalue weighted by molar-refractivity contribution is 1.06. The second-order valence-corrected chi connectivity index (χ2v) is 6.86. The Labute approximate surface area is 164 Å². The molecule has 1 aromatic heterocycles. The molecule has 0 unspecified atom stereocenters. The first-order chi connectivity index (χ1) is 13.1. The SMILES string of the molecule is N=C(N)Nc1nnc(-c2ccccc2-c2ccccc2)c2cccc(Br)c12. The number of nitrogens with zero attached hydrogens (tertiary/aromatic N) is 2. The summed E-state index contributed by atoms with van der Waals surface area (Å²) in [6, 6.07) is 24.2. The fourth-order valence-electron chi connectivity index (χ4n) is 3.14. The summed E-state index contributed by atoms with van der Waals surface area (Å²) in [6.45, 7) is 0. The molecule has 0 bridgehead atoms. The topological polar surface area (TPSA) is 87.7 Å². The maximum Gasteiger partial charge on any atom is 0.191 e. The van der Waals surface area contributed by atoms with Crippen LogP contribution in [0.2, 0.25) is 0 Å². The Kier molecular flexibility index (Phi) is 4.56. The zero-order valence-electron chi connectivity index (χ0n) is 14.3. The van der Waals surface area contributed by atoms with E-state index in [4.69, 9.17) is 11.1 Å². The number of guanidine groups is 1. The molecule has 0 fully saturated rings. The van der Waals surface area contributed by atoms with Gasteiger partial charge in [0.15, 0.2) is 11.8 Å². The number of nitrogens with one attached hydrogen (secondary N) is 2. The van der Waals surface area contributed by atoms with Gasteiger partial charge in [-0.15, -0.1) is 10.2 Å². The van der Waals surface area contributed by atoms with Gasteiger partial charge in [-0.1, -0.05) is 82.7 Å². The van der Waals surface area contributed by atoms with Crippen LogP contribution in [0.15, 0.2) is 77.3 Å². The first-order valence-corrected chi connectivity index (χ1v) is 9.15. The molecule has 1 heterocycles. The highest BCUT2D eigenvalue weighted by Crippen LogP contribution is 2.38. The average Bonchev–Trinajstić information content (AvgIpc) is 2.68. The lowest BCUT2D eigenvalue weighted by Crippen LogP contribution is -2.21. The zero-order chi connectivity index (χ0) is 18.8. The zero-order valence-corrected chi connectivity index (χ0v) is 15.9. The van der Waals surface area contributed by atoms with Crippen LogP contribution in [-0.4, -0.2) is 16.2 Å². The molecule has 0 saturated carbocycles. The minimum atomic E-state index is -0.182. The second-order valence-electron chi connectivity index (χ2n) is 6.01. The van der Waals surface area contributed by atoms with Gasteiger partial charge in [-0.05, 0) is 17.2 Å². The van der Waals surface area contributed by atoms with Gasteiger partial charge in [0.05, 0.1) is 0 Å². The number of halogens is 1. The van der Waals surface area contributed by atoms with Crippen LogP contribution in [0.25, 0.3) is 33.2 Å². The monoisotopic (exact) mass is 417 g/mol. The maximum absolute atomic E-state index is 7.53. The number of benzene rings is 3. The summed E-state index contributed by atoms with van der Waals surface area (Å²) < 4.78 is 0.858. The van der Waals surface area contributed by atoms with E-state index in [1.807, 2.05) is 54.6 Å². The molecule has 4 rings (SSSR count). The van der Waals surface area contributed by atoms with Crippen LogP contribution in [0.4, 0.5) is 5.82 Å². The molecule has 0 spiro atoms. The number of hydrogen-bond donors (Lipinski definition) is 3. The van der Waals surface area contributed by atoms with Crippen molar-refractivity contribution in [3.63, 3.8) is 0 Å². The lowest BCUT2D eigenvalue weighted by Gasteiger charge is -2.14. The highest BCUT2D eigenvalue weighted by Gasteiger charge is 2.16. The van der Waals surface area contributed by atoms with Crippen LogP contribution in [0.3, 0.4) is 0 Å². The lowest BCUT2D eigenvalue weighted by atomic mass is 9.95. The Balaban J connectivity index is 2.00. The predicted molar refractivity (Wildman–Crippen MR) is 114 cm³/mol. The van der Waals surface area contributed by atoms with Crippen LogP contribution >= 0.6 is 15.9 Å². The Morgan fingerprint density at radius 2 is 1.56 bits per heavy atom. The van der Waals surface area contributed by atoms with Crippen molar-refractivity contribution in [2.24, 2.45) is 5.73 Å². The molecule has 4 aromatic rings. The Morgan fingerprint density at radius 3 is 2.30 bits per heavy atom. The molecule has 0 amide bonds. The molecule has 0 saturated heterocycles. The van der Waals surface area contributed by atoms with Crippen molar-refractivity contribution in [1.29, 1.82) is 5.41 Å². The Morgan fingerprint density at radius 1 is 0.852 bits per heavy atom. The first-order valence-electron chi connectivity index (χ1n) is 8.36. The molecule has 0 aliphatic carbocycles. The van der Waals surface area contributed by atoms with E-state index in [1.54, 1.807) is 0 Å². The van der Waals surface area contributed by atoms with E-state index in [1.165, 1.54) is 0 Å². The van der Waals surface area contributed by atoms with Crippen LogP contribution in [0.1, 0.15) is 0 Å². The minimum absolute atomic E-state index is 0.182. The normalized spacial score (nSPS) is 10.7. The van der Waals surface area contributed by atoms with Gasteiger partial charge in [0.25, 0.3) is 0 Å². The number of hydrogen-bond acceptors (Lipinski definition) is 3. The molecule has 27 heavy (non-hydrogen) atoms. The summed E-state index contributed by atoms with van der Waals surface area (Å²) in [7, 11) is 0. The van der Waals surface area contributed by atoms with Crippen molar-refractivity contribution >= 4 is 38.5 Å².